The zero-order chi connectivity index (χ0) is 15.6. The van der Waals surface area contributed by atoms with Gasteiger partial charge in [0.1, 0.15) is 17.0 Å². The standard InChI is InChI=1S/C16H18N6S/c1-21(14-3-2-7-19-20-14)12-4-8-22(9-5-12)15-13-6-10-23-16(13)18-11-17-15/h2-3,6-7,10-12H,4-5,8-9H2,1H3. The number of rotatable bonds is 3. The van der Waals surface area contributed by atoms with Crippen molar-refractivity contribution in [2.75, 3.05) is 29.9 Å². The van der Waals surface area contributed by atoms with Crippen molar-refractivity contribution in [3.63, 3.8) is 0 Å². The Bertz CT molecular complexity index is 781. The Kier molecular flexibility index (Phi) is 3.78. The van der Waals surface area contributed by atoms with Gasteiger partial charge < -0.3 is 9.80 Å². The van der Waals surface area contributed by atoms with Crippen LogP contribution in [0.1, 0.15) is 12.8 Å². The molecule has 0 radical (unpaired) electrons. The molecule has 1 aliphatic rings. The van der Waals surface area contributed by atoms with Gasteiger partial charge in [0, 0.05) is 32.4 Å². The first-order valence-electron chi connectivity index (χ1n) is 7.76. The Balaban J connectivity index is 1.48. The Morgan fingerprint density at radius 3 is 2.87 bits per heavy atom. The number of anilines is 2. The number of nitrogens with zero attached hydrogens (tertiary/aromatic N) is 6. The molecule has 0 bridgehead atoms. The summed E-state index contributed by atoms with van der Waals surface area (Å²) in [6.07, 6.45) is 5.55. The molecule has 1 aliphatic heterocycles. The maximum Gasteiger partial charge on any atom is 0.151 e. The summed E-state index contributed by atoms with van der Waals surface area (Å²) >= 11 is 1.67. The fraction of sp³-hybridized carbons (Fsp3) is 0.375. The lowest BCUT2D eigenvalue weighted by Crippen LogP contribution is -2.44. The van der Waals surface area contributed by atoms with Gasteiger partial charge in [-0.2, -0.15) is 5.10 Å². The molecule has 0 unspecified atom stereocenters. The van der Waals surface area contributed by atoms with Crippen molar-refractivity contribution in [2.45, 2.75) is 18.9 Å². The molecular formula is C16H18N6S. The van der Waals surface area contributed by atoms with Crippen LogP contribution in [0.4, 0.5) is 11.6 Å². The quantitative estimate of drug-likeness (QED) is 0.737. The Morgan fingerprint density at radius 1 is 1.22 bits per heavy atom. The summed E-state index contributed by atoms with van der Waals surface area (Å²) in [5.74, 6) is 2.00. The first-order valence-corrected chi connectivity index (χ1v) is 8.64. The molecule has 4 rings (SSSR count). The molecule has 0 aliphatic carbocycles. The van der Waals surface area contributed by atoms with E-state index < -0.39 is 0 Å². The Labute approximate surface area is 138 Å². The SMILES string of the molecule is CN(c1cccnn1)C1CCN(c2ncnc3sccc23)CC1. The molecular weight excluding hydrogens is 308 g/mol. The van der Waals surface area contributed by atoms with Crippen molar-refractivity contribution in [2.24, 2.45) is 0 Å². The molecule has 7 heteroatoms. The third-order valence-corrected chi connectivity index (χ3v) is 5.29. The van der Waals surface area contributed by atoms with Crippen LogP contribution in [0.25, 0.3) is 10.2 Å². The second-order valence-corrected chi connectivity index (χ2v) is 6.64. The highest BCUT2D eigenvalue weighted by Gasteiger charge is 2.25. The molecule has 0 spiro atoms. The van der Waals surface area contributed by atoms with Gasteiger partial charge in [-0.15, -0.1) is 16.4 Å². The van der Waals surface area contributed by atoms with Gasteiger partial charge in [-0.25, -0.2) is 9.97 Å². The van der Waals surface area contributed by atoms with E-state index in [-0.39, 0.29) is 0 Å². The van der Waals surface area contributed by atoms with Crippen LogP contribution in [-0.2, 0) is 0 Å². The van der Waals surface area contributed by atoms with E-state index in [9.17, 15) is 0 Å². The van der Waals surface area contributed by atoms with E-state index in [1.165, 1.54) is 5.39 Å². The van der Waals surface area contributed by atoms with E-state index in [2.05, 4.69) is 48.5 Å². The lowest BCUT2D eigenvalue weighted by Gasteiger charge is -2.37. The van der Waals surface area contributed by atoms with E-state index in [4.69, 9.17) is 0 Å². The van der Waals surface area contributed by atoms with Crippen LogP contribution >= 0.6 is 11.3 Å². The van der Waals surface area contributed by atoms with Crippen molar-refractivity contribution in [1.82, 2.24) is 20.2 Å². The highest BCUT2D eigenvalue weighted by atomic mass is 32.1. The lowest BCUT2D eigenvalue weighted by molar-refractivity contribution is 0.478. The number of thiophene rings is 1. The zero-order valence-electron chi connectivity index (χ0n) is 13.0. The Morgan fingerprint density at radius 2 is 2.09 bits per heavy atom. The van der Waals surface area contributed by atoms with Crippen LogP contribution < -0.4 is 9.80 Å². The van der Waals surface area contributed by atoms with Gasteiger partial charge in [0.15, 0.2) is 5.82 Å². The number of aromatic nitrogens is 4. The van der Waals surface area contributed by atoms with Gasteiger partial charge in [0.2, 0.25) is 0 Å². The molecule has 0 saturated carbocycles. The lowest BCUT2D eigenvalue weighted by atomic mass is 10.0. The average molecular weight is 326 g/mol. The second kappa shape index (κ2) is 6.08. The van der Waals surface area contributed by atoms with E-state index in [0.29, 0.717) is 6.04 Å². The van der Waals surface area contributed by atoms with Crippen molar-refractivity contribution >= 4 is 33.2 Å². The number of piperidine rings is 1. The molecule has 118 valence electrons. The van der Waals surface area contributed by atoms with Crippen LogP contribution in [0.15, 0.2) is 36.1 Å². The minimum Gasteiger partial charge on any atom is -0.356 e. The summed E-state index contributed by atoms with van der Waals surface area (Å²) in [5.41, 5.74) is 0. The molecule has 6 nitrogen and oxygen atoms in total. The van der Waals surface area contributed by atoms with Gasteiger partial charge in [-0.1, -0.05) is 0 Å². The summed E-state index contributed by atoms with van der Waals surface area (Å²) in [6.45, 7) is 1.99. The number of hydrogen-bond acceptors (Lipinski definition) is 7. The van der Waals surface area contributed by atoms with Gasteiger partial charge in [-0.05, 0) is 36.4 Å². The fourth-order valence-corrected chi connectivity index (χ4v) is 3.89. The summed E-state index contributed by atoms with van der Waals surface area (Å²) in [7, 11) is 2.10. The maximum absolute atomic E-state index is 4.52. The fourth-order valence-electron chi connectivity index (χ4n) is 3.16. The monoisotopic (exact) mass is 326 g/mol. The van der Waals surface area contributed by atoms with E-state index in [1.807, 2.05) is 12.1 Å². The molecule has 23 heavy (non-hydrogen) atoms. The third-order valence-electron chi connectivity index (χ3n) is 4.47. The predicted molar refractivity (Wildman–Crippen MR) is 93.1 cm³/mol. The van der Waals surface area contributed by atoms with Crippen LogP contribution in [-0.4, -0.2) is 46.3 Å². The summed E-state index contributed by atoms with van der Waals surface area (Å²) in [4.78, 5) is 14.5. The van der Waals surface area contributed by atoms with Gasteiger partial charge in [0.25, 0.3) is 0 Å². The zero-order valence-corrected chi connectivity index (χ0v) is 13.8. The minimum atomic E-state index is 0.489. The Hall–Kier alpha value is -2.28. The highest BCUT2D eigenvalue weighted by molar-refractivity contribution is 7.16. The first-order chi connectivity index (χ1) is 11.3. The molecule has 0 atom stereocenters. The van der Waals surface area contributed by atoms with Crippen LogP contribution in [0.2, 0.25) is 0 Å². The molecule has 1 fully saturated rings. The van der Waals surface area contributed by atoms with Crippen molar-refractivity contribution in [3.05, 3.63) is 36.1 Å². The summed E-state index contributed by atoms with van der Waals surface area (Å²) < 4.78 is 0. The molecule has 1 saturated heterocycles. The van der Waals surface area contributed by atoms with Gasteiger partial charge in [0.05, 0.1) is 5.39 Å². The second-order valence-electron chi connectivity index (χ2n) is 5.75. The average Bonchev–Trinajstić information content (AvgIpc) is 3.11. The molecule has 3 aromatic heterocycles. The third kappa shape index (κ3) is 2.72. The normalized spacial score (nSPS) is 16.0. The first kappa shape index (κ1) is 14.3. The molecule has 0 N–H and O–H groups in total. The largest absolute Gasteiger partial charge is 0.356 e. The van der Waals surface area contributed by atoms with Crippen molar-refractivity contribution < 1.29 is 0 Å². The minimum absolute atomic E-state index is 0.489. The van der Waals surface area contributed by atoms with E-state index >= 15 is 0 Å². The maximum atomic E-state index is 4.52. The topological polar surface area (TPSA) is 58.0 Å². The molecule has 0 amide bonds. The van der Waals surface area contributed by atoms with Crippen molar-refractivity contribution in [1.29, 1.82) is 0 Å². The predicted octanol–water partition coefficient (Wildman–Crippen LogP) is 2.59. The van der Waals surface area contributed by atoms with Crippen LogP contribution in [0.3, 0.4) is 0 Å². The van der Waals surface area contributed by atoms with Gasteiger partial charge in [-0.3, -0.25) is 0 Å². The molecule has 4 heterocycles. The molecule has 3 aromatic rings. The van der Waals surface area contributed by atoms with E-state index in [0.717, 1.165) is 42.4 Å². The number of fused-ring (bicyclic) bond motifs is 1. The van der Waals surface area contributed by atoms with E-state index in [1.54, 1.807) is 23.9 Å². The van der Waals surface area contributed by atoms with Crippen LogP contribution in [0, 0.1) is 0 Å². The van der Waals surface area contributed by atoms with Crippen molar-refractivity contribution in [3.8, 4) is 0 Å². The summed E-state index contributed by atoms with van der Waals surface area (Å²) in [6, 6.07) is 6.55. The number of hydrogen-bond donors (Lipinski definition) is 0. The smallest absolute Gasteiger partial charge is 0.151 e. The van der Waals surface area contributed by atoms with Gasteiger partial charge >= 0.3 is 0 Å². The molecule has 0 aromatic carbocycles. The summed E-state index contributed by atoms with van der Waals surface area (Å²) in [5, 5.41) is 11.4. The highest BCUT2D eigenvalue weighted by Crippen LogP contribution is 2.29. The van der Waals surface area contributed by atoms with Crippen LogP contribution in [0.5, 0.6) is 0 Å².